The molecule has 1 aliphatic carbocycles. The van der Waals surface area contributed by atoms with Gasteiger partial charge in [0.25, 0.3) is 5.91 Å². The standard InChI is InChI=1S/C21H23FN4O3/c22-16-5-1-2-6-18(16)29-9-7-19(27)25-11-14-15(12-25)20(14)23-21(28)17-10-13-4-3-8-26(13)24-17/h1-2,5-6,10,14-15,20H,3-4,7-9,11-12H2,(H,23,28)/t14-,15+,20?. The summed E-state index contributed by atoms with van der Waals surface area (Å²) in [5.41, 5.74) is 1.61. The van der Waals surface area contributed by atoms with Gasteiger partial charge in [-0.2, -0.15) is 5.10 Å². The van der Waals surface area contributed by atoms with Crippen LogP contribution >= 0.6 is 0 Å². The summed E-state index contributed by atoms with van der Waals surface area (Å²) in [6.45, 7) is 2.33. The largest absolute Gasteiger partial charge is 0.490 e. The van der Waals surface area contributed by atoms with Crippen LogP contribution in [0.2, 0.25) is 0 Å². The summed E-state index contributed by atoms with van der Waals surface area (Å²) in [5, 5.41) is 7.45. The number of hydrogen-bond donors (Lipinski definition) is 1. The monoisotopic (exact) mass is 398 g/mol. The van der Waals surface area contributed by atoms with Gasteiger partial charge in [0, 0.05) is 43.2 Å². The van der Waals surface area contributed by atoms with Crippen LogP contribution < -0.4 is 10.1 Å². The SMILES string of the molecule is O=C(NC1[C@H]2CN(C(=O)CCOc3ccccc3F)C[C@@H]12)c1cc2n(n1)CCC2. The maximum atomic E-state index is 13.5. The number of fused-ring (bicyclic) bond motifs is 2. The molecule has 1 saturated carbocycles. The Morgan fingerprint density at radius 3 is 2.79 bits per heavy atom. The zero-order valence-electron chi connectivity index (χ0n) is 16.0. The first kappa shape index (κ1) is 18.1. The lowest BCUT2D eigenvalue weighted by molar-refractivity contribution is -0.131. The van der Waals surface area contributed by atoms with Crippen LogP contribution in [-0.2, 0) is 17.8 Å². The highest BCUT2D eigenvalue weighted by Crippen LogP contribution is 2.45. The van der Waals surface area contributed by atoms with Gasteiger partial charge in [-0.05, 0) is 31.0 Å². The van der Waals surface area contributed by atoms with Crippen LogP contribution in [0.4, 0.5) is 4.39 Å². The van der Waals surface area contributed by atoms with Gasteiger partial charge in [-0.25, -0.2) is 4.39 Å². The molecule has 0 bridgehead atoms. The molecule has 29 heavy (non-hydrogen) atoms. The minimum Gasteiger partial charge on any atom is -0.490 e. The van der Waals surface area contributed by atoms with E-state index >= 15 is 0 Å². The number of aryl methyl sites for hydroxylation is 2. The molecule has 1 aromatic carbocycles. The second-order valence-electron chi connectivity index (χ2n) is 8.00. The van der Waals surface area contributed by atoms with Crippen LogP contribution in [0.1, 0.15) is 29.0 Å². The first-order valence-corrected chi connectivity index (χ1v) is 10.1. The van der Waals surface area contributed by atoms with E-state index in [4.69, 9.17) is 4.74 Å². The fourth-order valence-corrected chi connectivity index (χ4v) is 4.51. The summed E-state index contributed by atoms with van der Waals surface area (Å²) in [4.78, 5) is 26.6. The highest BCUT2D eigenvalue weighted by Gasteiger charge is 2.57. The molecule has 152 valence electrons. The second kappa shape index (κ2) is 7.17. The molecule has 3 heterocycles. The summed E-state index contributed by atoms with van der Waals surface area (Å²) < 4.78 is 20.8. The number of piperidine rings is 1. The molecule has 3 aliphatic rings. The Hall–Kier alpha value is -2.90. The molecule has 2 aromatic rings. The smallest absolute Gasteiger partial charge is 0.272 e. The normalized spacial score (nSPS) is 24.2. The summed E-state index contributed by atoms with van der Waals surface area (Å²) in [7, 11) is 0. The third-order valence-electron chi connectivity index (χ3n) is 6.15. The molecule has 0 spiro atoms. The van der Waals surface area contributed by atoms with Crippen molar-refractivity contribution in [3.8, 4) is 5.75 Å². The van der Waals surface area contributed by atoms with Crippen molar-refractivity contribution in [1.29, 1.82) is 0 Å². The summed E-state index contributed by atoms with van der Waals surface area (Å²) in [6.07, 6.45) is 2.28. The van der Waals surface area contributed by atoms with Gasteiger partial charge >= 0.3 is 0 Å². The van der Waals surface area contributed by atoms with E-state index in [1.165, 1.54) is 6.07 Å². The quantitative estimate of drug-likeness (QED) is 0.802. The lowest BCUT2D eigenvalue weighted by Crippen LogP contribution is -2.38. The lowest BCUT2D eigenvalue weighted by atomic mass is 10.2. The predicted octanol–water partition coefficient (Wildman–Crippen LogP) is 1.62. The van der Waals surface area contributed by atoms with Gasteiger partial charge in [0.15, 0.2) is 11.6 Å². The van der Waals surface area contributed by atoms with Gasteiger partial charge in [0.1, 0.15) is 5.69 Å². The highest BCUT2D eigenvalue weighted by atomic mass is 19.1. The zero-order valence-corrected chi connectivity index (χ0v) is 16.0. The number of para-hydroxylation sites is 1. The molecule has 1 unspecified atom stereocenters. The van der Waals surface area contributed by atoms with Crippen molar-refractivity contribution in [2.24, 2.45) is 11.8 Å². The summed E-state index contributed by atoms with van der Waals surface area (Å²) >= 11 is 0. The molecule has 1 aromatic heterocycles. The van der Waals surface area contributed by atoms with E-state index in [1.807, 2.05) is 15.6 Å². The van der Waals surface area contributed by atoms with Gasteiger partial charge in [-0.3, -0.25) is 14.3 Å². The maximum absolute atomic E-state index is 13.5. The van der Waals surface area contributed by atoms with Crippen LogP contribution in [0.15, 0.2) is 30.3 Å². The summed E-state index contributed by atoms with van der Waals surface area (Å²) in [6, 6.07) is 8.17. The van der Waals surface area contributed by atoms with Crippen molar-refractivity contribution in [1.82, 2.24) is 20.0 Å². The number of nitrogens with one attached hydrogen (secondary N) is 1. The number of halogens is 1. The topological polar surface area (TPSA) is 76.5 Å². The Kier molecular flexibility index (Phi) is 4.49. The van der Waals surface area contributed by atoms with Crippen LogP contribution in [0.5, 0.6) is 5.75 Å². The molecule has 1 N–H and O–H groups in total. The molecule has 2 amide bonds. The number of nitrogens with zero attached hydrogens (tertiary/aromatic N) is 3. The van der Waals surface area contributed by atoms with Gasteiger partial charge < -0.3 is 15.0 Å². The average molecular weight is 398 g/mol. The molecule has 2 aliphatic heterocycles. The number of aromatic nitrogens is 2. The molecule has 7 nitrogen and oxygen atoms in total. The van der Waals surface area contributed by atoms with Crippen LogP contribution in [-0.4, -0.2) is 52.2 Å². The minimum absolute atomic E-state index is 0.00384. The van der Waals surface area contributed by atoms with Crippen molar-refractivity contribution in [2.75, 3.05) is 19.7 Å². The van der Waals surface area contributed by atoms with E-state index < -0.39 is 5.82 Å². The van der Waals surface area contributed by atoms with Crippen molar-refractivity contribution in [3.05, 3.63) is 47.5 Å². The van der Waals surface area contributed by atoms with E-state index in [-0.39, 0.29) is 36.6 Å². The summed E-state index contributed by atoms with van der Waals surface area (Å²) in [5.74, 6) is 0.239. The number of benzene rings is 1. The number of amides is 2. The third-order valence-corrected chi connectivity index (χ3v) is 6.15. The van der Waals surface area contributed by atoms with E-state index in [0.29, 0.717) is 30.6 Å². The molecule has 5 rings (SSSR count). The van der Waals surface area contributed by atoms with Crippen LogP contribution in [0.3, 0.4) is 0 Å². The second-order valence-corrected chi connectivity index (χ2v) is 8.00. The lowest BCUT2D eigenvalue weighted by Gasteiger charge is -2.20. The van der Waals surface area contributed by atoms with Crippen molar-refractivity contribution in [2.45, 2.75) is 31.8 Å². The van der Waals surface area contributed by atoms with Gasteiger partial charge in [-0.1, -0.05) is 12.1 Å². The van der Waals surface area contributed by atoms with E-state index in [0.717, 1.165) is 25.1 Å². The third kappa shape index (κ3) is 3.47. The number of ether oxygens (including phenoxy) is 1. The average Bonchev–Trinajstić information content (AvgIpc) is 3.16. The van der Waals surface area contributed by atoms with Crippen LogP contribution in [0.25, 0.3) is 0 Å². The van der Waals surface area contributed by atoms with E-state index in [1.54, 1.807) is 18.2 Å². The minimum atomic E-state index is -0.427. The number of carbonyl (C=O) groups excluding carboxylic acids is 2. The Balaban J connectivity index is 1.06. The molecular weight excluding hydrogens is 375 g/mol. The first-order chi connectivity index (χ1) is 14.1. The molecule has 1 saturated heterocycles. The number of likely N-dealkylation sites (tertiary alicyclic amines) is 1. The number of carbonyl (C=O) groups is 2. The predicted molar refractivity (Wildman–Crippen MR) is 102 cm³/mol. The van der Waals surface area contributed by atoms with E-state index in [2.05, 4.69) is 10.4 Å². The molecule has 2 fully saturated rings. The Morgan fingerprint density at radius 2 is 2.03 bits per heavy atom. The van der Waals surface area contributed by atoms with Crippen LogP contribution in [0, 0.1) is 17.7 Å². The van der Waals surface area contributed by atoms with Gasteiger partial charge in [-0.15, -0.1) is 0 Å². The fraction of sp³-hybridized carbons (Fsp3) is 0.476. The number of rotatable bonds is 6. The Labute approximate surface area is 167 Å². The van der Waals surface area contributed by atoms with Gasteiger partial charge in [0.2, 0.25) is 5.91 Å². The molecule has 3 atom stereocenters. The Morgan fingerprint density at radius 1 is 1.24 bits per heavy atom. The first-order valence-electron chi connectivity index (χ1n) is 10.1. The molecule has 8 heteroatoms. The van der Waals surface area contributed by atoms with E-state index in [9.17, 15) is 14.0 Å². The van der Waals surface area contributed by atoms with Crippen molar-refractivity contribution >= 4 is 11.8 Å². The Bertz CT molecular complexity index is 926. The highest BCUT2D eigenvalue weighted by molar-refractivity contribution is 5.93. The van der Waals surface area contributed by atoms with Gasteiger partial charge in [0.05, 0.1) is 13.0 Å². The zero-order chi connectivity index (χ0) is 20.0. The number of hydrogen-bond acceptors (Lipinski definition) is 4. The van der Waals surface area contributed by atoms with Crippen molar-refractivity contribution in [3.63, 3.8) is 0 Å². The van der Waals surface area contributed by atoms with Crippen molar-refractivity contribution < 1.29 is 18.7 Å². The maximum Gasteiger partial charge on any atom is 0.272 e. The molecular formula is C21H23FN4O3. The molecule has 0 radical (unpaired) electrons. The fourth-order valence-electron chi connectivity index (χ4n) is 4.51.